The smallest absolute Gasteiger partial charge is 0.251 e. The highest BCUT2D eigenvalue weighted by Gasteiger charge is 2.26. The molecule has 1 saturated carbocycles. The van der Waals surface area contributed by atoms with Gasteiger partial charge in [0, 0.05) is 24.4 Å². The standard InChI is InChI=1S/C14H19ClN2O2/c1-3-10-6-9(7-13(15)16-10)14(18)17-11-4-5-12(8-11)19-2/h6-7,11-12H,3-5,8H2,1-2H3,(H,17,18). The largest absolute Gasteiger partial charge is 0.381 e. The number of nitrogens with zero attached hydrogens (tertiary/aromatic N) is 1. The number of methoxy groups -OCH3 is 1. The molecule has 0 radical (unpaired) electrons. The lowest BCUT2D eigenvalue weighted by Crippen LogP contribution is -2.33. The van der Waals surface area contributed by atoms with Gasteiger partial charge in [-0.15, -0.1) is 0 Å². The molecule has 0 saturated heterocycles. The zero-order valence-electron chi connectivity index (χ0n) is 11.3. The number of nitrogens with one attached hydrogen (secondary N) is 1. The molecule has 4 nitrogen and oxygen atoms in total. The van der Waals surface area contributed by atoms with Crippen molar-refractivity contribution in [1.82, 2.24) is 10.3 Å². The van der Waals surface area contributed by atoms with E-state index in [4.69, 9.17) is 16.3 Å². The molecular formula is C14H19ClN2O2. The van der Waals surface area contributed by atoms with E-state index in [9.17, 15) is 4.79 Å². The second-order valence-corrected chi connectivity index (χ2v) is 5.25. The quantitative estimate of drug-likeness (QED) is 0.864. The van der Waals surface area contributed by atoms with E-state index in [-0.39, 0.29) is 18.1 Å². The summed E-state index contributed by atoms with van der Waals surface area (Å²) in [4.78, 5) is 16.3. The van der Waals surface area contributed by atoms with Gasteiger partial charge in [0.15, 0.2) is 0 Å². The van der Waals surface area contributed by atoms with Crippen molar-refractivity contribution in [3.63, 3.8) is 0 Å². The molecule has 2 rings (SSSR count). The molecule has 1 aromatic heterocycles. The Morgan fingerprint density at radius 3 is 2.95 bits per heavy atom. The van der Waals surface area contributed by atoms with Crippen LogP contribution in [0.2, 0.25) is 5.15 Å². The van der Waals surface area contributed by atoms with Crippen LogP contribution in [0, 0.1) is 0 Å². The van der Waals surface area contributed by atoms with Crippen molar-refractivity contribution >= 4 is 17.5 Å². The second-order valence-electron chi connectivity index (χ2n) is 4.86. The summed E-state index contributed by atoms with van der Waals surface area (Å²) in [5.74, 6) is -0.0826. The average molecular weight is 283 g/mol. The first-order chi connectivity index (χ1) is 9.12. The first-order valence-corrected chi connectivity index (χ1v) is 7.00. The number of carbonyl (C=O) groups excluding carboxylic acids is 1. The van der Waals surface area contributed by atoms with E-state index in [0.29, 0.717) is 10.7 Å². The van der Waals surface area contributed by atoms with Crippen LogP contribution in [0.15, 0.2) is 12.1 Å². The summed E-state index contributed by atoms with van der Waals surface area (Å²) in [7, 11) is 1.71. The molecular weight excluding hydrogens is 264 g/mol. The minimum atomic E-state index is -0.0826. The van der Waals surface area contributed by atoms with Crippen molar-refractivity contribution in [2.75, 3.05) is 7.11 Å². The van der Waals surface area contributed by atoms with Crippen molar-refractivity contribution in [2.24, 2.45) is 0 Å². The minimum Gasteiger partial charge on any atom is -0.381 e. The Labute approximate surface area is 118 Å². The number of aromatic nitrogens is 1. The molecule has 0 spiro atoms. The van der Waals surface area contributed by atoms with Gasteiger partial charge in [0.05, 0.1) is 6.10 Å². The number of halogens is 1. The van der Waals surface area contributed by atoms with Crippen LogP contribution < -0.4 is 5.32 Å². The highest BCUT2D eigenvalue weighted by molar-refractivity contribution is 6.29. The molecule has 0 bridgehead atoms. The number of hydrogen-bond acceptors (Lipinski definition) is 3. The minimum absolute atomic E-state index is 0.0826. The van der Waals surface area contributed by atoms with Crippen molar-refractivity contribution in [3.8, 4) is 0 Å². The van der Waals surface area contributed by atoms with Crippen LogP contribution in [0.3, 0.4) is 0 Å². The van der Waals surface area contributed by atoms with Crippen molar-refractivity contribution in [1.29, 1.82) is 0 Å². The Morgan fingerprint density at radius 2 is 2.32 bits per heavy atom. The maximum Gasteiger partial charge on any atom is 0.251 e. The van der Waals surface area contributed by atoms with Gasteiger partial charge in [-0.05, 0) is 37.8 Å². The van der Waals surface area contributed by atoms with Crippen LogP contribution >= 0.6 is 11.6 Å². The van der Waals surface area contributed by atoms with Crippen LogP contribution in [0.5, 0.6) is 0 Å². The van der Waals surface area contributed by atoms with Crippen LogP contribution in [0.4, 0.5) is 0 Å². The molecule has 1 heterocycles. The van der Waals surface area contributed by atoms with Crippen molar-refractivity contribution in [3.05, 3.63) is 28.5 Å². The number of carbonyl (C=O) groups is 1. The van der Waals surface area contributed by atoms with Crippen LogP contribution in [-0.4, -0.2) is 30.1 Å². The molecule has 1 fully saturated rings. The maximum atomic E-state index is 12.2. The Morgan fingerprint density at radius 1 is 1.53 bits per heavy atom. The summed E-state index contributed by atoms with van der Waals surface area (Å²) >= 11 is 5.92. The number of pyridine rings is 1. The molecule has 2 atom stereocenters. The fraction of sp³-hybridized carbons (Fsp3) is 0.571. The zero-order valence-corrected chi connectivity index (χ0v) is 12.0. The van der Waals surface area contributed by atoms with Crippen molar-refractivity contribution < 1.29 is 9.53 Å². The van der Waals surface area contributed by atoms with Gasteiger partial charge in [0.2, 0.25) is 0 Å². The Balaban J connectivity index is 2.02. The topological polar surface area (TPSA) is 51.2 Å². The molecule has 19 heavy (non-hydrogen) atoms. The van der Waals surface area contributed by atoms with Gasteiger partial charge in [-0.1, -0.05) is 18.5 Å². The van der Waals surface area contributed by atoms with E-state index in [0.717, 1.165) is 31.4 Å². The van der Waals surface area contributed by atoms with E-state index >= 15 is 0 Å². The van der Waals surface area contributed by atoms with Crippen LogP contribution in [0.25, 0.3) is 0 Å². The SMILES string of the molecule is CCc1cc(C(=O)NC2CCC(OC)C2)cc(Cl)n1. The Bertz CT molecular complexity index is 465. The maximum absolute atomic E-state index is 12.2. The lowest BCUT2D eigenvalue weighted by Gasteiger charge is -2.13. The molecule has 0 aliphatic heterocycles. The third kappa shape index (κ3) is 3.67. The first-order valence-electron chi connectivity index (χ1n) is 6.62. The number of ether oxygens (including phenoxy) is 1. The van der Waals surface area contributed by atoms with Crippen LogP contribution in [-0.2, 0) is 11.2 Å². The molecule has 1 aliphatic carbocycles. The van der Waals surface area contributed by atoms with E-state index in [1.165, 1.54) is 0 Å². The lowest BCUT2D eigenvalue weighted by atomic mass is 10.1. The molecule has 1 N–H and O–H groups in total. The number of aryl methyl sites for hydroxylation is 1. The number of rotatable bonds is 4. The van der Waals surface area contributed by atoms with Gasteiger partial charge in [0.25, 0.3) is 5.91 Å². The zero-order chi connectivity index (χ0) is 13.8. The molecule has 104 valence electrons. The van der Waals surface area contributed by atoms with Gasteiger partial charge < -0.3 is 10.1 Å². The van der Waals surface area contributed by atoms with Gasteiger partial charge in [0.1, 0.15) is 5.15 Å². The highest BCUT2D eigenvalue weighted by Crippen LogP contribution is 2.22. The molecule has 5 heteroatoms. The summed E-state index contributed by atoms with van der Waals surface area (Å²) in [5.41, 5.74) is 1.41. The molecule has 2 unspecified atom stereocenters. The van der Waals surface area contributed by atoms with E-state index in [2.05, 4.69) is 10.3 Å². The average Bonchev–Trinajstić information content (AvgIpc) is 2.85. The third-order valence-corrected chi connectivity index (χ3v) is 3.72. The lowest BCUT2D eigenvalue weighted by molar-refractivity contribution is 0.0915. The summed E-state index contributed by atoms with van der Waals surface area (Å²) in [5, 5.41) is 3.40. The highest BCUT2D eigenvalue weighted by atomic mass is 35.5. The van der Waals surface area contributed by atoms with Gasteiger partial charge in [-0.2, -0.15) is 0 Å². The Hall–Kier alpha value is -1.13. The molecule has 1 aliphatic rings. The number of hydrogen-bond donors (Lipinski definition) is 1. The number of amides is 1. The molecule has 0 aromatic carbocycles. The van der Waals surface area contributed by atoms with Crippen LogP contribution in [0.1, 0.15) is 42.2 Å². The third-order valence-electron chi connectivity index (χ3n) is 3.52. The normalized spacial score (nSPS) is 22.5. The Kier molecular flexibility index (Phi) is 4.77. The van der Waals surface area contributed by atoms with Crippen molar-refractivity contribution in [2.45, 2.75) is 44.8 Å². The second kappa shape index (κ2) is 6.35. The van der Waals surface area contributed by atoms with Gasteiger partial charge in [-0.3, -0.25) is 4.79 Å². The van der Waals surface area contributed by atoms with E-state index in [1.54, 1.807) is 19.2 Å². The van der Waals surface area contributed by atoms with Gasteiger partial charge >= 0.3 is 0 Å². The first kappa shape index (κ1) is 14.3. The van der Waals surface area contributed by atoms with Gasteiger partial charge in [-0.25, -0.2) is 4.98 Å². The summed E-state index contributed by atoms with van der Waals surface area (Å²) < 4.78 is 5.30. The predicted molar refractivity (Wildman–Crippen MR) is 74.5 cm³/mol. The summed E-state index contributed by atoms with van der Waals surface area (Å²) in [6, 6.07) is 3.59. The summed E-state index contributed by atoms with van der Waals surface area (Å²) in [6.07, 6.45) is 3.86. The van der Waals surface area contributed by atoms with E-state index < -0.39 is 0 Å². The monoisotopic (exact) mass is 282 g/mol. The fourth-order valence-corrected chi connectivity index (χ4v) is 2.64. The summed E-state index contributed by atoms with van der Waals surface area (Å²) in [6.45, 7) is 1.99. The molecule has 1 amide bonds. The fourth-order valence-electron chi connectivity index (χ4n) is 2.42. The van der Waals surface area contributed by atoms with E-state index in [1.807, 2.05) is 6.92 Å². The predicted octanol–water partition coefficient (Wildman–Crippen LogP) is 2.59. The molecule has 1 aromatic rings.